The van der Waals surface area contributed by atoms with Crippen molar-refractivity contribution in [3.05, 3.63) is 32.3 Å². The molecule has 106 valence electrons. The van der Waals surface area contributed by atoms with Gasteiger partial charge in [-0.05, 0) is 45.4 Å². The predicted molar refractivity (Wildman–Crippen MR) is 88.7 cm³/mol. The summed E-state index contributed by atoms with van der Waals surface area (Å²) in [5.41, 5.74) is 2.45. The molecule has 0 fully saturated rings. The molecule has 0 saturated carbocycles. The van der Waals surface area contributed by atoms with Gasteiger partial charge in [0.25, 0.3) is 0 Å². The zero-order valence-electron chi connectivity index (χ0n) is 11.3. The van der Waals surface area contributed by atoms with Gasteiger partial charge in [0.15, 0.2) is 0 Å². The summed E-state index contributed by atoms with van der Waals surface area (Å²) < 4.78 is 0.665. The van der Waals surface area contributed by atoms with E-state index in [2.05, 4.69) is 46.7 Å². The van der Waals surface area contributed by atoms with Gasteiger partial charge in [-0.3, -0.25) is 5.41 Å². The number of hydrogen-bond acceptors (Lipinski definition) is 3. The van der Waals surface area contributed by atoms with Crippen molar-refractivity contribution < 1.29 is 0 Å². The van der Waals surface area contributed by atoms with Gasteiger partial charge in [-0.1, -0.05) is 38.4 Å². The van der Waals surface area contributed by atoms with Crippen molar-refractivity contribution in [2.45, 2.75) is 20.8 Å². The highest BCUT2D eigenvalue weighted by Gasteiger charge is 2.25. The van der Waals surface area contributed by atoms with Crippen LogP contribution in [-0.2, 0) is 0 Å². The van der Waals surface area contributed by atoms with Gasteiger partial charge >= 0.3 is 0 Å². The van der Waals surface area contributed by atoms with Crippen LogP contribution in [0.25, 0.3) is 11.6 Å². The lowest BCUT2D eigenvalue weighted by molar-refractivity contribution is 0.505. The quantitative estimate of drug-likeness (QED) is 0.569. The Hall–Kier alpha value is -0.710. The van der Waals surface area contributed by atoms with Crippen LogP contribution in [-0.4, -0.2) is 15.7 Å². The zero-order chi connectivity index (χ0) is 15.0. The average molecular weight is 375 g/mol. The second-order valence-corrected chi connectivity index (χ2v) is 6.64. The number of nitrogens with one attached hydrogen (secondary N) is 1. The Labute approximate surface area is 136 Å². The summed E-state index contributed by atoms with van der Waals surface area (Å²) in [7, 11) is 0. The summed E-state index contributed by atoms with van der Waals surface area (Å²) in [5, 5.41) is 8.62. The van der Waals surface area contributed by atoms with Crippen LogP contribution in [0.3, 0.4) is 0 Å². The van der Waals surface area contributed by atoms with E-state index in [1.807, 2.05) is 6.08 Å². The van der Waals surface area contributed by atoms with Gasteiger partial charge < -0.3 is 0 Å². The van der Waals surface area contributed by atoms with Gasteiger partial charge in [0.05, 0.1) is 11.4 Å². The largest absolute Gasteiger partial charge is 0.299 e. The summed E-state index contributed by atoms with van der Waals surface area (Å²) in [5.74, 6) is 0.777. The predicted octanol–water partition coefficient (Wildman–Crippen LogP) is 5.23. The first-order valence-electron chi connectivity index (χ1n) is 6.23. The minimum absolute atomic E-state index is 0.106. The smallest absolute Gasteiger partial charge is 0.224 e. The van der Waals surface area contributed by atoms with E-state index < -0.39 is 0 Å². The minimum Gasteiger partial charge on any atom is -0.299 e. The number of fused-ring (bicyclic) bond motifs is 1. The highest BCUT2D eigenvalue weighted by molar-refractivity contribution is 9.12. The molecule has 1 aromatic rings. The molecule has 1 aromatic heterocycles. The highest BCUT2D eigenvalue weighted by atomic mass is 79.9. The Balaban J connectivity index is 2.66. The summed E-state index contributed by atoms with van der Waals surface area (Å²) in [4.78, 5) is 8.17. The molecule has 0 radical (unpaired) electrons. The molecule has 1 heterocycles. The lowest BCUT2D eigenvalue weighted by atomic mass is 9.88. The molecular formula is C14H14BrCl2N3. The standard InChI is InChI=1S/C14H14BrCl2N3/c1-6(2)7(3)4-8-11-10(5-9(15)12(8)18)19-14(17)20-13(11)16/h4-7,18H,1-3H3/b8-4-,18-12?. The number of halogens is 3. The Kier molecular flexibility index (Phi) is 4.67. The van der Waals surface area contributed by atoms with Crippen LogP contribution >= 0.6 is 39.1 Å². The molecule has 1 atom stereocenters. The van der Waals surface area contributed by atoms with Gasteiger partial charge in [-0.2, -0.15) is 0 Å². The molecular weight excluding hydrogens is 361 g/mol. The molecule has 1 aliphatic rings. The van der Waals surface area contributed by atoms with Crippen molar-refractivity contribution >= 4 is 56.5 Å². The Morgan fingerprint density at radius 3 is 2.50 bits per heavy atom. The van der Waals surface area contributed by atoms with Crippen molar-refractivity contribution in [3.8, 4) is 0 Å². The van der Waals surface area contributed by atoms with Gasteiger partial charge in [-0.15, -0.1) is 0 Å². The number of aromatic nitrogens is 2. The van der Waals surface area contributed by atoms with E-state index in [4.69, 9.17) is 28.6 Å². The Morgan fingerprint density at radius 2 is 1.90 bits per heavy atom. The van der Waals surface area contributed by atoms with Crippen molar-refractivity contribution in [2.75, 3.05) is 0 Å². The highest BCUT2D eigenvalue weighted by Crippen LogP contribution is 2.37. The number of hydrogen-bond donors (Lipinski definition) is 1. The fourth-order valence-electron chi connectivity index (χ4n) is 1.84. The maximum absolute atomic E-state index is 8.24. The third-order valence-corrected chi connectivity index (χ3v) is 4.46. The van der Waals surface area contributed by atoms with Gasteiger partial charge in [0.1, 0.15) is 5.15 Å². The van der Waals surface area contributed by atoms with Crippen molar-refractivity contribution in [1.82, 2.24) is 9.97 Å². The Bertz CT molecular complexity index is 636. The first-order valence-corrected chi connectivity index (χ1v) is 7.78. The van der Waals surface area contributed by atoms with Crippen LogP contribution < -0.4 is 0 Å². The fraction of sp³-hybridized carbons (Fsp3) is 0.357. The molecule has 0 aromatic carbocycles. The normalized spacial score (nSPS) is 18.2. The van der Waals surface area contributed by atoms with E-state index in [-0.39, 0.29) is 10.4 Å². The van der Waals surface area contributed by atoms with E-state index in [1.165, 1.54) is 0 Å². The summed E-state index contributed by atoms with van der Waals surface area (Å²) in [6.45, 7) is 6.39. The van der Waals surface area contributed by atoms with Crippen LogP contribution in [0.15, 0.2) is 10.6 Å². The van der Waals surface area contributed by atoms with Crippen LogP contribution in [0, 0.1) is 17.2 Å². The molecule has 0 saturated heterocycles. The molecule has 3 nitrogen and oxygen atoms in total. The van der Waals surface area contributed by atoms with E-state index in [0.717, 1.165) is 5.57 Å². The number of nitrogens with zero attached hydrogens (tertiary/aromatic N) is 2. The molecule has 0 aliphatic heterocycles. The van der Waals surface area contributed by atoms with Gasteiger partial charge in [0.2, 0.25) is 5.28 Å². The van der Waals surface area contributed by atoms with Crippen molar-refractivity contribution in [1.29, 1.82) is 5.41 Å². The molecule has 1 unspecified atom stereocenters. The molecule has 2 rings (SSSR count). The topological polar surface area (TPSA) is 49.6 Å². The van der Waals surface area contributed by atoms with Crippen LogP contribution in [0.2, 0.25) is 10.4 Å². The van der Waals surface area contributed by atoms with Crippen LogP contribution in [0.4, 0.5) is 0 Å². The molecule has 1 N–H and O–H groups in total. The second kappa shape index (κ2) is 5.96. The van der Waals surface area contributed by atoms with Crippen LogP contribution in [0.1, 0.15) is 32.0 Å². The fourth-order valence-corrected chi connectivity index (χ4v) is 2.77. The average Bonchev–Trinajstić information content (AvgIpc) is 2.33. The van der Waals surface area contributed by atoms with E-state index in [1.54, 1.807) is 6.08 Å². The summed E-state index contributed by atoms with van der Waals surface area (Å²) in [6, 6.07) is 0. The molecule has 0 spiro atoms. The number of rotatable bonds is 2. The monoisotopic (exact) mass is 373 g/mol. The zero-order valence-corrected chi connectivity index (χ0v) is 14.4. The summed E-state index contributed by atoms with van der Waals surface area (Å²) in [6.07, 6.45) is 3.79. The molecule has 6 heteroatoms. The number of allylic oxidation sites excluding steroid dienone is 3. The van der Waals surface area contributed by atoms with Gasteiger partial charge in [-0.25, -0.2) is 9.97 Å². The first kappa shape index (κ1) is 15.7. The van der Waals surface area contributed by atoms with E-state index >= 15 is 0 Å². The molecule has 20 heavy (non-hydrogen) atoms. The van der Waals surface area contributed by atoms with Gasteiger partial charge in [0, 0.05) is 15.6 Å². The van der Waals surface area contributed by atoms with E-state index in [9.17, 15) is 0 Å². The lowest BCUT2D eigenvalue weighted by Crippen LogP contribution is -2.13. The van der Waals surface area contributed by atoms with Crippen LogP contribution in [0.5, 0.6) is 0 Å². The van der Waals surface area contributed by atoms with Crippen molar-refractivity contribution in [2.24, 2.45) is 11.8 Å². The Morgan fingerprint density at radius 1 is 1.25 bits per heavy atom. The second-order valence-electron chi connectivity index (χ2n) is 5.09. The lowest BCUT2D eigenvalue weighted by Gasteiger charge is -2.20. The van der Waals surface area contributed by atoms with E-state index in [0.29, 0.717) is 33.3 Å². The SMILES string of the molecule is CC(C)C(C)/C=C1\C(=N)C(Br)=Cc2nc(Cl)nc(Cl)c21. The molecule has 0 bridgehead atoms. The summed E-state index contributed by atoms with van der Waals surface area (Å²) >= 11 is 15.4. The minimum atomic E-state index is 0.106. The first-order chi connectivity index (χ1) is 9.31. The third-order valence-electron chi connectivity index (χ3n) is 3.39. The molecule has 1 aliphatic carbocycles. The maximum Gasteiger partial charge on any atom is 0.224 e. The molecule has 0 amide bonds. The third kappa shape index (κ3) is 2.97. The maximum atomic E-state index is 8.24. The van der Waals surface area contributed by atoms with Crippen molar-refractivity contribution in [3.63, 3.8) is 0 Å².